The zero-order valence-electron chi connectivity index (χ0n) is 32.7. The predicted molar refractivity (Wildman–Crippen MR) is 221 cm³/mol. The van der Waals surface area contributed by atoms with Crippen LogP contribution in [0.25, 0.3) is 11.1 Å². The second kappa shape index (κ2) is 19.4. The number of amides is 1. The van der Waals surface area contributed by atoms with Crippen LogP contribution in [-0.2, 0) is 58.2 Å². The molecule has 0 bridgehead atoms. The summed E-state index contributed by atoms with van der Waals surface area (Å²) in [5.41, 5.74) is 8.24. The molecule has 1 aliphatic heterocycles. The van der Waals surface area contributed by atoms with Gasteiger partial charge in [0, 0.05) is 37.7 Å². The van der Waals surface area contributed by atoms with Crippen LogP contribution < -0.4 is 9.47 Å². The Hall–Kier alpha value is -5.77. The lowest BCUT2D eigenvalue weighted by atomic mass is 9.89. The molecule has 0 N–H and O–H groups in total. The summed E-state index contributed by atoms with van der Waals surface area (Å²) in [4.78, 5) is 14.9. The van der Waals surface area contributed by atoms with Crippen molar-refractivity contribution in [2.75, 3.05) is 14.1 Å². The molecule has 1 heterocycles. The molecule has 0 radical (unpaired) electrons. The standard InChI is InChI=1S/C49H49NO7/c1-4-41-42(29-45-56-48(54-33-37-22-13-7-14-23-37)49(57-45)55-34-38-24-15-8-16-25-38)46(39-26-17-27-40(28-39)47(51)50(2)3)44(53-32-36-20-11-6-12-21-36)30-43(41)52-31-35-18-9-5-10-19-35/h5-28,30,45,48-49H,4,29,31-34H2,1-3H3/t48-,49-/m1/s1. The molecule has 8 nitrogen and oxygen atoms in total. The second-order valence-electron chi connectivity index (χ2n) is 14.1. The first kappa shape index (κ1) is 39.5. The monoisotopic (exact) mass is 763 g/mol. The molecule has 57 heavy (non-hydrogen) atoms. The summed E-state index contributed by atoms with van der Waals surface area (Å²) in [7, 11) is 3.51. The van der Waals surface area contributed by atoms with Gasteiger partial charge in [0.2, 0.25) is 12.6 Å². The fourth-order valence-corrected chi connectivity index (χ4v) is 6.90. The zero-order valence-corrected chi connectivity index (χ0v) is 32.7. The highest BCUT2D eigenvalue weighted by atomic mass is 16.9. The quantitative estimate of drug-likeness (QED) is 0.0916. The predicted octanol–water partition coefficient (Wildman–Crippen LogP) is 9.78. The summed E-state index contributed by atoms with van der Waals surface area (Å²) in [6.07, 6.45) is -1.35. The molecule has 0 saturated carbocycles. The van der Waals surface area contributed by atoms with Crippen molar-refractivity contribution in [1.29, 1.82) is 0 Å². The maximum Gasteiger partial charge on any atom is 0.253 e. The first-order chi connectivity index (χ1) is 27.9. The highest BCUT2D eigenvalue weighted by Gasteiger charge is 2.39. The van der Waals surface area contributed by atoms with Crippen molar-refractivity contribution < 1.29 is 33.2 Å². The molecule has 0 aliphatic carbocycles. The van der Waals surface area contributed by atoms with E-state index in [4.69, 9.17) is 28.4 Å². The number of benzene rings is 6. The van der Waals surface area contributed by atoms with E-state index in [0.717, 1.165) is 44.5 Å². The average Bonchev–Trinajstić information content (AvgIpc) is 3.65. The molecule has 0 spiro atoms. The highest BCUT2D eigenvalue weighted by Crippen LogP contribution is 2.43. The molecule has 8 heteroatoms. The lowest BCUT2D eigenvalue weighted by molar-refractivity contribution is -0.200. The van der Waals surface area contributed by atoms with Gasteiger partial charge in [0.15, 0.2) is 6.29 Å². The van der Waals surface area contributed by atoms with Gasteiger partial charge in [0.1, 0.15) is 24.7 Å². The molecule has 2 atom stereocenters. The molecule has 0 aromatic heterocycles. The lowest BCUT2D eigenvalue weighted by Gasteiger charge is -2.24. The molecule has 1 amide bonds. The number of carbonyl (C=O) groups excluding carboxylic acids is 1. The van der Waals surface area contributed by atoms with Gasteiger partial charge in [-0.25, -0.2) is 0 Å². The summed E-state index contributed by atoms with van der Waals surface area (Å²) in [6.45, 7) is 3.46. The van der Waals surface area contributed by atoms with E-state index in [2.05, 4.69) is 6.92 Å². The van der Waals surface area contributed by atoms with Gasteiger partial charge < -0.3 is 33.3 Å². The highest BCUT2D eigenvalue weighted by molar-refractivity contribution is 5.95. The summed E-state index contributed by atoms with van der Waals surface area (Å²) in [6, 6.07) is 49.8. The number of carbonyl (C=O) groups is 1. The molecule has 1 fully saturated rings. The van der Waals surface area contributed by atoms with Gasteiger partial charge in [-0.05, 0) is 57.5 Å². The fourth-order valence-electron chi connectivity index (χ4n) is 6.90. The molecule has 6 aromatic rings. The number of ether oxygens (including phenoxy) is 6. The van der Waals surface area contributed by atoms with Crippen LogP contribution in [0.3, 0.4) is 0 Å². The minimum absolute atomic E-state index is 0.0945. The van der Waals surface area contributed by atoms with Gasteiger partial charge in [-0.2, -0.15) is 0 Å². The molecule has 6 aromatic carbocycles. The van der Waals surface area contributed by atoms with Crippen LogP contribution in [0.1, 0.15) is 50.7 Å². The van der Waals surface area contributed by atoms with Crippen molar-refractivity contribution in [1.82, 2.24) is 4.90 Å². The Morgan fingerprint density at radius 3 is 1.51 bits per heavy atom. The van der Waals surface area contributed by atoms with Crippen LogP contribution in [0.15, 0.2) is 152 Å². The normalized spacial score (nSPS) is 15.4. The van der Waals surface area contributed by atoms with Crippen LogP contribution in [-0.4, -0.2) is 43.8 Å². The summed E-state index contributed by atoms with van der Waals surface area (Å²) in [5.74, 6) is 1.23. The first-order valence-electron chi connectivity index (χ1n) is 19.4. The van der Waals surface area contributed by atoms with Crippen LogP contribution in [0.4, 0.5) is 0 Å². The minimum Gasteiger partial charge on any atom is -0.488 e. The molecule has 0 unspecified atom stereocenters. The fraction of sp³-hybridized carbons (Fsp3) is 0.245. The van der Waals surface area contributed by atoms with Gasteiger partial charge in [0.05, 0.1) is 13.2 Å². The van der Waals surface area contributed by atoms with Crippen molar-refractivity contribution in [3.05, 3.63) is 191 Å². The van der Waals surface area contributed by atoms with Gasteiger partial charge in [-0.3, -0.25) is 4.79 Å². The summed E-state index contributed by atoms with van der Waals surface area (Å²) < 4.78 is 39.3. The van der Waals surface area contributed by atoms with Crippen molar-refractivity contribution in [2.24, 2.45) is 0 Å². The van der Waals surface area contributed by atoms with Gasteiger partial charge in [-0.1, -0.05) is 140 Å². The first-order valence-corrected chi connectivity index (χ1v) is 19.4. The van der Waals surface area contributed by atoms with E-state index < -0.39 is 18.9 Å². The molecular weight excluding hydrogens is 715 g/mol. The summed E-state index contributed by atoms with van der Waals surface area (Å²) >= 11 is 0. The Morgan fingerprint density at radius 2 is 1.04 bits per heavy atom. The topological polar surface area (TPSA) is 75.7 Å². The van der Waals surface area contributed by atoms with Crippen LogP contribution in [0.5, 0.6) is 11.5 Å². The van der Waals surface area contributed by atoms with E-state index in [0.29, 0.717) is 56.3 Å². The van der Waals surface area contributed by atoms with Crippen molar-refractivity contribution in [2.45, 2.75) is 65.1 Å². The van der Waals surface area contributed by atoms with Gasteiger partial charge in [0.25, 0.3) is 5.91 Å². The molecule has 1 saturated heterocycles. The Bertz CT molecular complexity index is 2130. The minimum atomic E-state index is -0.792. The van der Waals surface area contributed by atoms with E-state index in [1.54, 1.807) is 19.0 Å². The molecular formula is C49H49NO7. The number of rotatable bonds is 17. The van der Waals surface area contributed by atoms with E-state index in [-0.39, 0.29) is 5.91 Å². The third kappa shape index (κ3) is 10.4. The largest absolute Gasteiger partial charge is 0.488 e. The molecule has 292 valence electrons. The Balaban J connectivity index is 1.29. The van der Waals surface area contributed by atoms with Crippen molar-refractivity contribution >= 4 is 5.91 Å². The number of nitrogens with zero attached hydrogens (tertiary/aromatic N) is 1. The van der Waals surface area contributed by atoms with E-state index in [1.807, 2.05) is 152 Å². The number of hydrogen-bond donors (Lipinski definition) is 0. The molecule has 7 rings (SSSR count). The van der Waals surface area contributed by atoms with Crippen LogP contribution >= 0.6 is 0 Å². The Morgan fingerprint density at radius 1 is 0.561 bits per heavy atom. The van der Waals surface area contributed by atoms with E-state index in [1.165, 1.54) is 0 Å². The van der Waals surface area contributed by atoms with E-state index >= 15 is 0 Å². The van der Waals surface area contributed by atoms with Crippen molar-refractivity contribution in [3.8, 4) is 22.6 Å². The third-order valence-electron chi connectivity index (χ3n) is 9.78. The van der Waals surface area contributed by atoms with E-state index in [9.17, 15) is 4.79 Å². The average molecular weight is 764 g/mol. The van der Waals surface area contributed by atoms with Crippen molar-refractivity contribution in [3.63, 3.8) is 0 Å². The maximum absolute atomic E-state index is 13.3. The SMILES string of the molecule is CCc1c(OCc2ccccc2)cc(OCc2ccccc2)c(-c2cccc(C(=O)N(C)C)c2)c1CC1O[C@@H](OCc2ccccc2)[C@H](OCc2ccccc2)O1. The Labute approximate surface area is 335 Å². The third-order valence-corrected chi connectivity index (χ3v) is 9.78. The summed E-state index contributed by atoms with van der Waals surface area (Å²) in [5, 5.41) is 0. The smallest absolute Gasteiger partial charge is 0.253 e. The molecule has 1 aliphatic rings. The Kier molecular flexibility index (Phi) is 13.4. The zero-order chi connectivity index (χ0) is 39.4. The lowest BCUT2D eigenvalue weighted by Crippen LogP contribution is -2.28. The maximum atomic E-state index is 13.3. The second-order valence-corrected chi connectivity index (χ2v) is 14.1. The van der Waals surface area contributed by atoms with Crippen LogP contribution in [0, 0.1) is 0 Å². The van der Waals surface area contributed by atoms with Gasteiger partial charge in [-0.15, -0.1) is 0 Å². The van der Waals surface area contributed by atoms with Crippen LogP contribution in [0.2, 0.25) is 0 Å². The van der Waals surface area contributed by atoms with Gasteiger partial charge >= 0.3 is 0 Å². The number of hydrogen-bond acceptors (Lipinski definition) is 7.